The summed E-state index contributed by atoms with van der Waals surface area (Å²) < 4.78 is 21.3. The molecule has 2 aromatic rings. The van der Waals surface area contributed by atoms with Crippen molar-refractivity contribution in [1.82, 2.24) is 4.98 Å². The molecular formula is C16H15NO5. The first-order valence-electron chi connectivity index (χ1n) is 6.73. The zero-order chi connectivity index (χ0) is 15.5. The molecule has 1 unspecified atom stereocenters. The number of aromatic nitrogens is 1. The summed E-state index contributed by atoms with van der Waals surface area (Å²) in [6.07, 6.45) is 1.39. The van der Waals surface area contributed by atoms with E-state index in [2.05, 4.69) is 4.98 Å². The number of ether oxygens (including phenoxy) is 4. The van der Waals surface area contributed by atoms with Crippen LogP contribution in [0.15, 0.2) is 36.5 Å². The third-order valence-electron chi connectivity index (χ3n) is 3.36. The van der Waals surface area contributed by atoms with Gasteiger partial charge in [0.05, 0.1) is 19.8 Å². The van der Waals surface area contributed by atoms with E-state index in [1.165, 1.54) is 7.11 Å². The predicted molar refractivity (Wildman–Crippen MR) is 77.4 cm³/mol. The fourth-order valence-corrected chi connectivity index (χ4v) is 2.18. The lowest BCUT2D eigenvalue weighted by molar-refractivity contribution is 0.0596. The number of carbonyl (C=O) groups is 1. The van der Waals surface area contributed by atoms with Crippen molar-refractivity contribution in [2.45, 2.75) is 6.10 Å². The van der Waals surface area contributed by atoms with Gasteiger partial charge in [0.1, 0.15) is 6.61 Å². The van der Waals surface area contributed by atoms with Gasteiger partial charge in [0, 0.05) is 17.8 Å². The first-order valence-corrected chi connectivity index (χ1v) is 6.73. The number of hydrogen-bond acceptors (Lipinski definition) is 6. The molecule has 22 heavy (non-hydrogen) atoms. The first kappa shape index (κ1) is 14.2. The second-order valence-corrected chi connectivity index (χ2v) is 4.70. The third-order valence-corrected chi connectivity index (χ3v) is 3.36. The molecule has 3 rings (SSSR count). The number of fused-ring (bicyclic) bond motifs is 1. The molecule has 0 fully saturated rings. The van der Waals surface area contributed by atoms with Crippen molar-refractivity contribution >= 4 is 5.97 Å². The average molecular weight is 301 g/mol. The zero-order valence-corrected chi connectivity index (χ0v) is 12.2. The summed E-state index contributed by atoms with van der Waals surface area (Å²) in [6, 6.07) is 8.59. The van der Waals surface area contributed by atoms with Gasteiger partial charge >= 0.3 is 5.97 Å². The van der Waals surface area contributed by atoms with Crippen molar-refractivity contribution in [2.24, 2.45) is 0 Å². The normalized spacial score (nSPS) is 16.0. The summed E-state index contributed by atoms with van der Waals surface area (Å²) in [5.74, 6) is 1.23. The molecule has 0 bridgehead atoms. The van der Waals surface area contributed by atoms with Crippen LogP contribution in [0.1, 0.15) is 22.0 Å². The first-order chi connectivity index (χ1) is 10.7. The Morgan fingerprint density at radius 2 is 2.09 bits per heavy atom. The van der Waals surface area contributed by atoms with E-state index in [4.69, 9.17) is 18.9 Å². The lowest BCUT2D eigenvalue weighted by atomic mass is 10.1. The monoisotopic (exact) mass is 301 g/mol. The molecule has 0 amide bonds. The number of carbonyl (C=O) groups excluding carboxylic acids is 1. The molecule has 0 saturated carbocycles. The fourth-order valence-electron chi connectivity index (χ4n) is 2.18. The summed E-state index contributed by atoms with van der Waals surface area (Å²) in [6.45, 7) is 0.374. The largest absolute Gasteiger partial charge is 0.485 e. The second-order valence-electron chi connectivity index (χ2n) is 4.70. The van der Waals surface area contributed by atoms with Crippen LogP contribution >= 0.6 is 0 Å². The quantitative estimate of drug-likeness (QED) is 0.811. The summed E-state index contributed by atoms with van der Waals surface area (Å²) in [7, 11) is 2.90. The lowest BCUT2D eigenvalue weighted by Gasteiger charge is -2.26. The molecule has 1 atom stereocenters. The molecule has 1 aliphatic heterocycles. The van der Waals surface area contributed by atoms with Crippen molar-refractivity contribution in [3.8, 4) is 17.4 Å². The molecule has 1 aromatic heterocycles. The number of hydrogen-bond donors (Lipinski definition) is 0. The minimum Gasteiger partial charge on any atom is -0.485 e. The number of benzene rings is 1. The van der Waals surface area contributed by atoms with Crippen LogP contribution in [0, 0.1) is 0 Å². The lowest BCUT2D eigenvalue weighted by Crippen LogP contribution is -2.22. The molecule has 0 saturated heterocycles. The number of pyridine rings is 1. The molecule has 114 valence electrons. The fraction of sp³-hybridized carbons (Fsp3) is 0.250. The maximum Gasteiger partial charge on any atom is 0.337 e. The van der Waals surface area contributed by atoms with Crippen LogP contribution in [0.2, 0.25) is 0 Å². The molecule has 6 heteroatoms. The van der Waals surface area contributed by atoms with Gasteiger partial charge in [-0.25, -0.2) is 9.78 Å². The van der Waals surface area contributed by atoms with Crippen LogP contribution in [0.4, 0.5) is 0 Å². The molecule has 0 spiro atoms. The van der Waals surface area contributed by atoms with Crippen molar-refractivity contribution < 1.29 is 23.7 Å². The van der Waals surface area contributed by atoms with Gasteiger partial charge in [0.25, 0.3) is 0 Å². The van der Waals surface area contributed by atoms with Crippen LogP contribution < -0.4 is 14.2 Å². The van der Waals surface area contributed by atoms with E-state index >= 15 is 0 Å². The summed E-state index contributed by atoms with van der Waals surface area (Å²) in [5.41, 5.74) is 1.29. The van der Waals surface area contributed by atoms with Crippen LogP contribution in [0.5, 0.6) is 17.4 Å². The highest BCUT2D eigenvalue weighted by atomic mass is 16.6. The van der Waals surface area contributed by atoms with E-state index in [1.807, 2.05) is 6.07 Å². The minimum absolute atomic E-state index is 0.293. The maximum atomic E-state index is 11.6. The Morgan fingerprint density at radius 3 is 2.77 bits per heavy atom. The molecule has 1 aromatic carbocycles. The summed E-state index contributed by atoms with van der Waals surface area (Å²) in [4.78, 5) is 15.7. The van der Waals surface area contributed by atoms with E-state index in [0.29, 0.717) is 29.5 Å². The van der Waals surface area contributed by atoms with Crippen molar-refractivity contribution in [3.05, 3.63) is 47.7 Å². The van der Waals surface area contributed by atoms with Crippen molar-refractivity contribution in [3.63, 3.8) is 0 Å². The Hall–Kier alpha value is -2.76. The number of nitrogens with zero attached hydrogens (tertiary/aromatic N) is 1. The van der Waals surface area contributed by atoms with Gasteiger partial charge < -0.3 is 18.9 Å². The van der Waals surface area contributed by atoms with E-state index in [-0.39, 0.29) is 6.10 Å². The van der Waals surface area contributed by atoms with Crippen LogP contribution in [-0.4, -0.2) is 31.8 Å². The highest BCUT2D eigenvalue weighted by molar-refractivity contribution is 5.90. The number of esters is 1. The van der Waals surface area contributed by atoms with E-state index in [9.17, 15) is 4.79 Å². The zero-order valence-electron chi connectivity index (χ0n) is 12.2. The smallest absolute Gasteiger partial charge is 0.337 e. The standard InChI is InChI=1S/C16H15NO5/c1-19-15-6-4-11(8-17-15)14-9-21-12-5-3-10(16(18)20-2)7-13(12)22-14/h3-8,14H,9H2,1-2H3. The number of rotatable bonds is 3. The van der Waals surface area contributed by atoms with E-state index in [0.717, 1.165) is 5.56 Å². The number of methoxy groups -OCH3 is 2. The van der Waals surface area contributed by atoms with Crippen LogP contribution in [-0.2, 0) is 4.74 Å². The van der Waals surface area contributed by atoms with Crippen molar-refractivity contribution in [2.75, 3.05) is 20.8 Å². The second kappa shape index (κ2) is 5.93. The molecule has 0 radical (unpaired) electrons. The van der Waals surface area contributed by atoms with Gasteiger partial charge in [0.15, 0.2) is 17.6 Å². The Labute approximate surface area is 127 Å². The molecule has 0 N–H and O–H groups in total. The van der Waals surface area contributed by atoms with Gasteiger partial charge in [-0.1, -0.05) is 0 Å². The Balaban J connectivity index is 1.83. The Bertz CT molecular complexity index is 683. The Morgan fingerprint density at radius 1 is 1.23 bits per heavy atom. The minimum atomic E-state index is -0.417. The van der Waals surface area contributed by atoms with E-state index < -0.39 is 5.97 Å². The highest BCUT2D eigenvalue weighted by Gasteiger charge is 2.24. The summed E-state index contributed by atoms with van der Waals surface area (Å²) in [5, 5.41) is 0. The van der Waals surface area contributed by atoms with Crippen molar-refractivity contribution in [1.29, 1.82) is 0 Å². The van der Waals surface area contributed by atoms with Gasteiger partial charge in [-0.2, -0.15) is 0 Å². The third kappa shape index (κ3) is 2.67. The molecule has 6 nitrogen and oxygen atoms in total. The van der Waals surface area contributed by atoms with Gasteiger partial charge in [-0.05, 0) is 24.3 Å². The molecule has 1 aliphatic rings. The average Bonchev–Trinajstić information content (AvgIpc) is 2.60. The van der Waals surface area contributed by atoms with E-state index in [1.54, 1.807) is 37.6 Å². The molecule has 0 aliphatic carbocycles. The Kier molecular flexibility index (Phi) is 3.82. The molecular weight excluding hydrogens is 286 g/mol. The topological polar surface area (TPSA) is 66.9 Å². The van der Waals surface area contributed by atoms with Gasteiger partial charge in [-0.15, -0.1) is 0 Å². The molecule has 2 heterocycles. The van der Waals surface area contributed by atoms with Gasteiger partial charge in [0.2, 0.25) is 5.88 Å². The summed E-state index contributed by atoms with van der Waals surface area (Å²) >= 11 is 0. The SMILES string of the molecule is COC(=O)c1ccc2c(c1)OC(c1ccc(OC)nc1)CO2. The predicted octanol–water partition coefficient (Wildman–Crippen LogP) is 2.39. The van der Waals surface area contributed by atoms with Crippen LogP contribution in [0.25, 0.3) is 0 Å². The van der Waals surface area contributed by atoms with Crippen LogP contribution in [0.3, 0.4) is 0 Å². The highest BCUT2D eigenvalue weighted by Crippen LogP contribution is 2.37. The maximum absolute atomic E-state index is 11.6. The van der Waals surface area contributed by atoms with Gasteiger partial charge in [-0.3, -0.25) is 0 Å².